The van der Waals surface area contributed by atoms with Crippen LogP contribution < -0.4 is 0 Å². The van der Waals surface area contributed by atoms with Crippen molar-refractivity contribution >= 4 is 17.3 Å². The Morgan fingerprint density at radius 3 is 3.20 bits per heavy atom. The third-order valence-corrected chi connectivity index (χ3v) is 1.39. The van der Waals surface area contributed by atoms with Crippen LogP contribution in [0.5, 0.6) is 0 Å². The van der Waals surface area contributed by atoms with Crippen LogP contribution in [-0.2, 0) is 4.74 Å². The van der Waals surface area contributed by atoms with Gasteiger partial charge in [0.2, 0.25) is 5.01 Å². The van der Waals surface area contributed by atoms with Crippen molar-refractivity contribution in [1.82, 2.24) is 10.2 Å². The van der Waals surface area contributed by atoms with E-state index in [9.17, 15) is 4.79 Å². The number of hydrogen-bond acceptors (Lipinski definition) is 5. The van der Waals surface area contributed by atoms with Gasteiger partial charge in [-0.3, -0.25) is 0 Å². The van der Waals surface area contributed by atoms with Gasteiger partial charge in [0.25, 0.3) is 0 Å². The third-order valence-electron chi connectivity index (χ3n) is 0.774. The van der Waals surface area contributed by atoms with Crippen molar-refractivity contribution in [3.63, 3.8) is 0 Å². The summed E-state index contributed by atoms with van der Waals surface area (Å²) in [7, 11) is 0. The van der Waals surface area contributed by atoms with Crippen LogP contribution >= 0.6 is 11.3 Å². The van der Waals surface area contributed by atoms with Gasteiger partial charge < -0.3 is 4.74 Å². The van der Waals surface area contributed by atoms with E-state index in [0.717, 1.165) is 11.3 Å². The molecule has 0 atom stereocenters. The van der Waals surface area contributed by atoms with Gasteiger partial charge in [0, 0.05) is 0 Å². The van der Waals surface area contributed by atoms with Crippen molar-refractivity contribution in [3.8, 4) is 0 Å². The van der Waals surface area contributed by atoms with E-state index in [1.807, 2.05) is 0 Å². The minimum absolute atomic E-state index is 0.252. The molecule has 0 aromatic carbocycles. The van der Waals surface area contributed by atoms with E-state index in [-0.39, 0.29) is 5.01 Å². The number of rotatable bonds is 2. The summed E-state index contributed by atoms with van der Waals surface area (Å²) < 4.78 is 4.64. The summed E-state index contributed by atoms with van der Waals surface area (Å²) in [6.07, 6.45) is 0. The van der Waals surface area contributed by atoms with E-state index in [2.05, 4.69) is 20.4 Å². The molecule has 10 heavy (non-hydrogen) atoms. The molecule has 1 rings (SSSR count). The topological polar surface area (TPSA) is 52.1 Å². The molecule has 0 aliphatic carbocycles. The fourth-order valence-corrected chi connectivity index (χ4v) is 0.817. The molecule has 1 aromatic heterocycles. The highest BCUT2D eigenvalue weighted by Crippen LogP contribution is 2.01. The molecule has 53 valence electrons. The molecule has 0 aliphatic rings. The van der Waals surface area contributed by atoms with Crippen LogP contribution in [0.4, 0.5) is 0 Å². The molecule has 4 nitrogen and oxygen atoms in total. The number of nitrogens with zero attached hydrogens (tertiary/aromatic N) is 2. The first-order chi connectivity index (χ1) is 4.84. The van der Waals surface area contributed by atoms with E-state index in [1.165, 1.54) is 0 Å². The zero-order valence-corrected chi connectivity index (χ0v) is 6.14. The average molecular weight is 157 g/mol. The van der Waals surface area contributed by atoms with Gasteiger partial charge in [-0.15, -0.1) is 10.2 Å². The van der Waals surface area contributed by atoms with Crippen molar-refractivity contribution in [2.24, 2.45) is 0 Å². The molecule has 0 amide bonds. The van der Waals surface area contributed by atoms with Gasteiger partial charge in [0.1, 0.15) is 0 Å². The lowest BCUT2D eigenvalue weighted by Gasteiger charge is -1.93. The highest BCUT2D eigenvalue weighted by Gasteiger charge is 2.08. The molecule has 0 bridgehead atoms. The van der Waals surface area contributed by atoms with Crippen LogP contribution in [0.25, 0.3) is 0 Å². The Hall–Kier alpha value is -0.970. The zero-order valence-electron chi connectivity index (χ0n) is 5.33. The van der Waals surface area contributed by atoms with Crippen molar-refractivity contribution in [2.45, 2.75) is 6.92 Å². The van der Waals surface area contributed by atoms with Crippen LogP contribution in [0.2, 0.25) is 0 Å². The first-order valence-electron chi connectivity index (χ1n) is 2.71. The van der Waals surface area contributed by atoms with Gasteiger partial charge in [0.15, 0.2) is 5.51 Å². The quantitative estimate of drug-likeness (QED) is 0.587. The van der Waals surface area contributed by atoms with E-state index in [1.54, 1.807) is 6.92 Å². The van der Waals surface area contributed by atoms with E-state index in [0.29, 0.717) is 6.61 Å². The molecule has 0 aliphatic heterocycles. The Kier molecular flexibility index (Phi) is 2.33. The van der Waals surface area contributed by atoms with Gasteiger partial charge in [-0.2, -0.15) is 0 Å². The van der Waals surface area contributed by atoms with Crippen LogP contribution in [0.1, 0.15) is 16.7 Å². The summed E-state index contributed by atoms with van der Waals surface area (Å²) >= 11 is 1.05. The van der Waals surface area contributed by atoms with E-state index >= 15 is 0 Å². The third kappa shape index (κ3) is 1.51. The van der Waals surface area contributed by atoms with Crippen molar-refractivity contribution in [1.29, 1.82) is 0 Å². The summed E-state index contributed by atoms with van der Waals surface area (Å²) in [6, 6.07) is 0. The monoisotopic (exact) mass is 157 g/mol. The number of hydrogen-bond donors (Lipinski definition) is 0. The molecule has 1 radical (unpaired) electrons. The first-order valence-corrected chi connectivity index (χ1v) is 3.53. The molecule has 1 aromatic rings. The summed E-state index contributed by atoms with van der Waals surface area (Å²) in [4.78, 5) is 10.8. The van der Waals surface area contributed by atoms with Crippen molar-refractivity contribution in [2.75, 3.05) is 6.61 Å². The first kappa shape index (κ1) is 7.14. The maximum atomic E-state index is 10.8. The van der Waals surface area contributed by atoms with Crippen LogP contribution in [0, 0.1) is 5.51 Å². The lowest BCUT2D eigenvalue weighted by atomic mass is 10.7. The molecule has 0 spiro atoms. The Bertz CT molecular complexity index is 209. The van der Waals surface area contributed by atoms with Gasteiger partial charge >= 0.3 is 5.97 Å². The summed E-state index contributed by atoms with van der Waals surface area (Å²) in [5, 5.41) is 7.09. The number of esters is 1. The molecular formula is C5H5N2O2S. The minimum atomic E-state index is -0.429. The van der Waals surface area contributed by atoms with Gasteiger partial charge in [-0.1, -0.05) is 11.3 Å². The van der Waals surface area contributed by atoms with E-state index in [4.69, 9.17) is 0 Å². The van der Waals surface area contributed by atoms with E-state index < -0.39 is 5.97 Å². The lowest BCUT2D eigenvalue weighted by Crippen LogP contribution is -2.03. The smallest absolute Gasteiger partial charge is 0.369 e. The minimum Gasteiger partial charge on any atom is -0.461 e. The van der Waals surface area contributed by atoms with Crippen LogP contribution in [0.3, 0.4) is 0 Å². The molecule has 5 heteroatoms. The molecular weight excluding hydrogens is 152 g/mol. The molecule has 1 heterocycles. The highest BCUT2D eigenvalue weighted by molar-refractivity contribution is 7.10. The Morgan fingerprint density at radius 2 is 2.70 bits per heavy atom. The normalized spacial score (nSPS) is 9.30. The second-order valence-corrected chi connectivity index (χ2v) is 2.19. The standard InChI is InChI=1S/C5H5N2O2S/c1-2-9-5(8)4-7-6-3-10-4/h2H2,1H3. The van der Waals surface area contributed by atoms with Crippen LogP contribution in [0.15, 0.2) is 0 Å². The molecule has 0 N–H and O–H groups in total. The van der Waals surface area contributed by atoms with Crippen molar-refractivity contribution < 1.29 is 9.53 Å². The van der Waals surface area contributed by atoms with Gasteiger partial charge in [-0.25, -0.2) is 4.79 Å². The second-order valence-electron chi connectivity index (χ2n) is 1.42. The predicted molar refractivity (Wildman–Crippen MR) is 34.7 cm³/mol. The summed E-state index contributed by atoms with van der Waals surface area (Å²) in [6.45, 7) is 2.10. The van der Waals surface area contributed by atoms with Crippen molar-refractivity contribution in [3.05, 3.63) is 10.5 Å². The molecule has 0 saturated heterocycles. The number of aromatic nitrogens is 2. The SMILES string of the molecule is CCOC(=O)c1nn[c]s1. The lowest BCUT2D eigenvalue weighted by molar-refractivity contribution is 0.0525. The molecule has 0 unspecified atom stereocenters. The van der Waals surface area contributed by atoms with Gasteiger partial charge in [0.05, 0.1) is 6.61 Å². The van der Waals surface area contributed by atoms with Gasteiger partial charge in [-0.05, 0) is 6.92 Å². The predicted octanol–water partition coefficient (Wildman–Crippen LogP) is 0.515. The largest absolute Gasteiger partial charge is 0.461 e. The maximum Gasteiger partial charge on any atom is 0.369 e. The Labute approximate surface area is 61.8 Å². The maximum absolute atomic E-state index is 10.8. The number of carbonyl (C=O) groups is 1. The number of ether oxygens (including phenoxy) is 1. The number of carbonyl (C=O) groups excluding carboxylic acids is 1. The highest BCUT2D eigenvalue weighted by atomic mass is 32.1. The molecule has 0 saturated carbocycles. The fraction of sp³-hybridized carbons (Fsp3) is 0.400. The average Bonchev–Trinajstić information content (AvgIpc) is 2.38. The fourth-order valence-electron chi connectivity index (χ4n) is 0.425. The molecule has 0 fully saturated rings. The Balaban J connectivity index is 2.59. The zero-order chi connectivity index (χ0) is 7.40. The second kappa shape index (κ2) is 3.26. The summed E-state index contributed by atoms with van der Waals surface area (Å²) in [5.74, 6) is -0.429. The Morgan fingerprint density at radius 1 is 1.90 bits per heavy atom. The van der Waals surface area contributed by atoms with Crippen LogP contribution in [-0.4, -0.2) is 22.8 Å². The summed E-state index contributed by atoms with van der Waals surface area (Å²) in [5.41, 5.74) is 2.45.